The number of alkyl halides is 3. The second kappa shape index (κ2) is 5.91. The summed E-state index contributed by atoms with van der Waals surface area (Å²) in [4.78, 5) is 22.5. The Morgan fingerprint density at radius 2 is 2.00 bits per heavy atom. The zero-order valence-electron chi connectivity index (χ0n) is 10.5. The van der Waals surface area contributed by atoms with Crippen LogP contribution in [-0.2, 0) is 11.0 Å². The Hall–Kier alpha value is -2.09. The number of nitrogens with two attached hydrogens (primary N) is 1. The van der Waals surface area contributed by atoms with E-state index in [-0.39, 0.29) is 5.69 Å². The summed E-state index contributed by atoms with van der Waals surface area (Å²) in [6.45, 7) is 1.65. The minimum atomic E-state index is -4.66. The molecule has 5 nitrogen and oxygen atoms in total. The number of benzene rings is 1. The van der Waals surface area contributed by atoms with E-state index in [4.69, 9.17) is 10.8 Å². The molecule has 110 valence electrons. The third-order valence-corrected chi connectivity index (χ3v) is 2.61. The third kappa shape index (κ3) is 3.70. The van der Waals surface area contributed by atoms with E-state index in [1.54, 1.807) is 6.92 Å². The lowest BCUT2D eigenvalue weighted by Crippen LogP contribution is -2.35. The molecule has 0 aromatic heterocycles. The highest BCUT2D eigenvalue weighted by atomic mass is 19.4. The van der Waals surface area contributed by atoms with Crippen LogP contribution in [0.1, 0.15) is 29.3 Å². The minimum Gasteiger partial charge on any atom is -0.478 e. The molecule has 1 unspecified atom stereocenters. The van der Waals surface area contributed by atoms with E-state index in [0.717, 1.165) is 6.07 Å². The zero-order valence-corrected chi connectivity index (χ0v) is 10.5. The van der Waals surface area contributed by atoms with Gasteiger partial charge < -0.3 is 16.2 Å². The molecule has 1 amide bonds. The minimum absolute atomic E-state index is 0.223. The smallest absolute Gasteiger partial charge is 0.416 e. The van der Waals surface area contributed by atoms with Crippen LogP contribution < -0.4 is 11.1 Å². The predicted octanol–water partition coefficient (Wildman–Crippen LogP) is 2.08. The van der Waals surface area contributed by atoms with Gasteiger partial charge in [-0.3, -0.25) is 4.79 Å². The first kappa shape index (κ1) is 16.0. The Morgan fingerprint density at radius 3 is 2.45 bits per heavy atom. The molecule has 1 aromatic carbocycles. The van der Waals surface area contributed by atoms with Crippen molar-refractivity contribution in [3.63, 3.8) is 0 Å². The normalized spacial score (nSPS) is 12.8. The molecule has 1 rings (SSSR count). The molecule has 0 radical (unpaired) electrons. The van der Waals surface area contributed by atoms with Crippen LogP contribution in [0.25, 0.3) is 0 Å². The van der Waals surface area contributed by atoms with Crippen molar-refractivity contribution in [2.45, 2.75) is 25.6 Å². The summed E-state index contributed by atoms with van der Waals surface area (Å²) in [5, 5.41) is 11.1. The number of carboxylic acid groups (broad SMARTS) is 1. The van der Waals surface area contributed by atoms with Gasteiger partial charge in [0.05, 0.1) is 22.9 Å². The molecule has 8 heteroatoms. The molecule has 0 fully saturated rings. The van der Waals surface area contributed by atoms with Crippen molar-refractivity contribution in [1.82, 2.24) is 0 Å². The number of halogens is 3. The fraction of sp³-hybridized carbons (Fsp3) is 0.333. The van der Waals surface area contributed by atoms with Gasteiger partial charge in [0, 0.05) is 0 Å². The third-order valence-electron chi connectivity index (χ3n) is 2.61. The fourth-order valence-electron chi connectivity index (χ4n) is 1.42. The molecule has 0 aliphatic heterocycles. The number of nitrogens with one attached hydrogen (secondary N) is 1. The molecule has 0 saturated heterocycles. The lowest BCUT2D eigenvalue weighted by atomic mass is 10.1. The van der Waals surface area contributed by atoms with E-state index < -0.39 is 35.2 Å². The van der Waals surface area contributed by atoms with Crippen LogP contribution in [0.15, 0.2) is 18.2 Å². The lowest BCUT2D eigenvalue weighted by molar-refractivity contribution is -0.137. The van der Waals surface area contributed by atoms with Crippen LogP contribution in [0.5, 0.6) is 0 Å². The highest BCUT2D eigenvalue weighted by Crippen LogP contribution is 2.31. The molecule has 0 bridgehead atoms. The summed E-state index contributed by atoms with van der Waals surface area (Å²) in [5.74, 6) is -2.23. The predicted molar refractivity (Wildman–Crippen MR) is 65.3 cm³/mol. The van der Waals surface area contributed by atoms with Crippen molar-refractivity contribution < 1.29 is 27.9 Å². The monoisotopic (exact) mass is 290 g/mol. The Bertz CT molecular complexity index is 529. The van der Waals surface area contributed by atoms with E-state index >= 15 is 0 Å². The first-order chi connectivity index (χ1) is 9.16. The summed E-state index contributed by atoms with van der Waals surface area (Å²) in [7, 11) is 0. The van der Waals surface area contributed by atoms with Crippen molar-refractivity contribution >= 4 is 17.6 Å². The van der Waals surface area contributed by atoms with Gasteiger partial charge in [-0.2, -0.15) is 13.2 Å². The zero-order chi connectivity index (χ0) is 15.5. The van der Waals surface area contributed by atoms with E-state index in [1.165, 1.54) is 0 Å². The van der Waals surface area contributed by atoms with E-state index in [1.807, 2.05) is 0 Å². The maximum Gasteiger partial charge on any atom is 0.416 e. The van der Waals surface area contributed by atoms with Gasteiger partial charge in [-0.05, 0) is 24.6 Å². The lowest BCUT2D eigenvalue weighted by Gasteiger charge is -2.14. The summed E-state index contributed by atoms with van der Waals surface area (Å²) in [5.41, 5.74) is 3.48. The summed E-state index contributed by atoms with van der Waals surface area (Å²) in [6.07, 6.45) is -4.35. The topological polar surface area (TPSA) is 92.4 Å². The molecule has 0 heterocycles. The maximum absolute atomic E-state index is 12.5. The molecular weight excluding hydrogens is 277 g/mol. The molecule has 20 heavy (non-hydrogen) atoms. The highest BCUT2D eigenvalue weighted by Gasteiger charge is 2.32. The second-order valence-corrected chi connectivity index (χ2v) is 4.07. The average molecular weight is 290 g/mol. The van der Waals surface area contributed by atoms with Crippen LogP contribution in [0.2, 0.25) is 0 Å². The number of carbonyl (C=O) groups excluding carboxylic acids is 1. The van der Waals surface area contributed by atoms with Crippen LogP contribution in [0, 0.1) is 0 Å². The maximum atomic E-state index is 12.5. The molecule has 1 aromatic rings. The van der Waals surface area contributed by atoms with Gasteiger partial charge in [0.2, 0.25) is 5.91 Å². The molecule has 4 N–H and O–H groups in total. The van der Waals surface area contributed by atoms with Gasteiger partial charge in [0.1, 0.15) is 0 Å². The van der Waals surface area contributed by atoms with E-state index in [2.05, 4.69) is 5.32 Å². The van der Waals surface area contributed by atoms with Crippen molar-refractivity contribution in [3.05, 3.63) is 29.3 Å². The van der Waals surface area contributed by atoms with Gasteiger partial charge >= 0.3 is 12.1 Å². The fourth-order valence-corrected chi connectivity index (χ4v) is 1.42. The van der Waals surface area contributed by atoms with Crippen LogP contribution >= 0.6 is 0 Å². The Balaban J connectivity index is 3.15. The van der Waals surface area contributed by atoms with Crippen molar-refractivity contribution in [2.24, 2.45) is 5.73 Å². The summed E-state index contributed by atoms with van der Waals surface area (Å²) >= 11 is 0. The van der Waals surface area contributed by atoms with Crippen molar-refractivity contribution in [3.8, 4) is 0 Å². The SMILES string of the molecule is CCC(N)C(=O)Nc1ccc(C(F)(F)F)cc1C(=O)O. The average Bonchev–Trinajstić information content (AvgIpc) is 2.36. The van der Waals surface area contributed by atoms with Gasteiger partial charge in [0.25, 0.3) is 0 Å². The number of rotatable bonds is 4. The van der Waals surface area contributed by atoms with E-state index in [0.29, 0.717) is 18.6 Å². The summed E-state index contributed by atoms with van der Waals surface area (Å²) < 4.78 is 37.5. The number of hydrogen-bond acceptors (Lipinski definition) is 3. The Morgan fingerprint density at radius 1 is 1.40 bits per heavy atom. The molecule has 0 aliphatic carbocycles. The number of aromatic carboxylic acids is 1. The number of hydrogen-bond donors (Lipinski definition) is 3. The molecule has 0 saturated carbocycles. The van der Waals surface area contributed by atoms with Crippen LogP contribution in [0.3, 0.4) is 0 Å². The van der Waals surface area contributed by atoms with Crippen molar-refractivity contribution in [1.29, 1.82) is 0 Å². The largest absolute Gasteiger partial charge is 0.478 e. The van der Waals surface area contributed by atoms with Crippen LogP contribution in [0.4, 0.5) is 18.9 Å². The van der Waals surface area contributed by atoms with Gasteiger partial charge in [-0.15, -0.1) is 0 Å². The first-order valence-electron chi connectivity index (χ1n) is 5.67. The standard InChI is InChI=1S/C12H13F3N2O3/c1-2-8(16)10(18)17-9-4-3-6(12(13,14)15)5-7(9)11(19)20/h3-5,8H,2,16H2,1H3,(H,17,18)(H,19,20). The molecule has 0 aliphatic rings. The highest BCUT2D eigenvalue weighted by molar-refractivity contribution is 6.02. The quantitative estimate of drug-likeness (QED) is 0.791. The molecule has 1 atom stereocenters. The van der Waals surface area contributed by atoms with Crippen molar-refractivity contribution in [2.75, 3.05) is 5.32 Å². The van der Waals surface area contributed by atoms with Crippen LogP contribution in [-0.4, -0.2) is 23.0 Å². The van der Waals surface area contributed by atoms with Gasteiger partial charge in [-0.25, -0.2) is 4.79 Å². The van der Waals surface area contributed by atoms with Gasteiger partial charge in [-0.1, -0.05) is 6.92 Å². The number of amides is 1. The summed E-state index contributed by atoms with van der Waals surface area (Å²) in [6, 6.07) is 1.19. The number of carbonyl (C=O) groups is 2. The number of carboxylic acids is 1. The first-order valence-corrected chi connectivity index (χ1v) is 5.67. The van der Waals surface area contributed by atoms with E-state index in [9.17, 15) is 22.8 Å². The molecular formula is C12H13F3N2O3. The number of anilines is 1. The Labute approximate surface area is 112 Å². The Kier molecular flexibility index (Phi) is 4.72. The van der Waals surface area contributed by atoms with Gasteiger partial charge in [0.15, 0.2) is 0 Å². The molecule has 0 spiro atoms. The second-order valence-electron chi connectivity index (χ2n) is 4.07.